The minimum Gasteiger partial charge on any atom is -0.361 e. The zero-order chi connectivity index (χ0) is 13.8. The fourth-order valence-corrected chi connectivity index (χ4v) is 2.55. The minimum atomic E-state index is 0.809. The summed E-state index contributed by atoms with van der Waals surface area (Å²) in [5.74, 6) is 0. The summed E-state index contributed by atoms with van der Waals surface area (Å²) in [6.07, 6.45) is 4.97. The standard InChI is InChI=1S/C17H19N3/c1-2-13-6-5-9-19-17(13)12-18-10-14-11-20-16-8-4-3-7-15(14)16/h3-9,11,18,20H,2,10,12H2,1H3. The van der Waals surface area contributed by atoms with Gasteiger partial charge in [-0.1, -0.05) is 31.2 Å². The smallest absolute Gasteiger partial charge is 0.0573 e. The molecule has 3 heteroatoms. The van der Waals surface area contributed by atoms with Crippen molar-refractivity contribution in [2.24, 2.45) is 0 Å². The SMILES string of the molecule is CCc1cccnc1CNCc1c[nH]c2ccccc12. The summed E-state index contributed by atoms with van der Waals surface area (Å²) in [4.78, 5) is 7.76. The lowest BCUT2D eigenvalue weighted by Crippen LogP contribution is -2.14. The van der Waals surface area contributed by atoms with Crippen LogP contribution in [0, 0.1) is 0 Å². The van der Waals surface area contributed by atoms with Gasteiger partial charge in [-0.25, -0.2) is 0 Å². The molecule has 2 heterocycles. The summed E-state index contributed by atoms with van der Waals surface area (Å²) in [5.41, 5.74) is 4.96. The Morgan fingerprint density at radius 3 is 2.85 bits per heavy atom. The molecular weight excluding hydrogens is 246 g/mol. The van der Waals surface area contributed by atoms with Gasteiger partial charge in [0, 0.05) is 36.4 Å². The molecule has 3 rings (SSSR count). The van der Waals surface area contributed by atoms with E-state index >= 15 is 0 Å². The number of aromatic nitrogens is 2. The highest BCUT2D eigenvalue weighted by atomic mass is 14.9. The van der Waals surface area contributed by atoms with Crippen LogP contribution in [0.3, 0.4) is 0 Å². The molecule has 2 aromatic heterocycles. The molecule has 0 saturated carbocycles. The summed E-state index contributed by atoms with van der Waals surface area (Å²) in [5, 5.41) is 4.78. The van der Waals surface area contributed by atoms with Crippen molar-refractivity contribution < 1.29 is 0 Å². The van der Waals surface area contributed by atoms with Crippen molar-refractivity contribution in [1.82, 2.24) is 15.3 Å². The third-order valence-electron chi connectivity index (χ3n) is 3.65. The molecule has 0 unspecified atom stereocenters. The molecule has 0 aliphatic rings. The van der Waals surface area contributed by atoms with Crippen LogP contribution < -0.4 is 5.32 Å². The fraction of sp³-hybridized carbons (Fsp3) is 0.235. The summed E-state index contributed by atoms with van der Waals surface area (Å²) in [6, 6.07) is 12.5. The van der Waals surface area contributed by atoms with Gasteiger partial charge in [0.2, 0.25) is 0 Å². The first-order valence-electron chi connectivity index (χ1n) is 7.07. The predicted molar refractivity (Wildman–Crippen MR) is 82.5 cm³/mol. The van der Waals surface area contributed by atoms with Gasteiger partial charge in [-0.2, -0.15) is 0 Å². The van der Waals surface area contributed by atoms with E-state index in [1.54, 1.807) is 0 Å². The number of pyridine rings is 1. The van der Waals surface area contributed by atoms with Gasteiger partial charge >= 0.3 is 0 Å². The van der Waals surface area contributed by atoms with Crippen molar-refractivity contribution >= 4 is 10.9 Å². The Morgan fingerprint density at radius 1 is 1.05 bits per heavy atom. The van der Waals surface area contributed by atoms with Crippen LogP contribution in [0.4, 0.5) is 0 Å². The van der Waals surface area contributed by atoms with Crippen LogP contribution in [0.25, 0.3) is 10.9 Å². The zero-order valence-corrected chi connectivity index (χ0v) is 11.7. The number of nitrogens with one attached hydrogen (secondary N) is 2. The van der Waals surface area contributed by atoms with Crippen LogP contribution in [-0.2, 0) is 19.5 Å². The highest BCUT2D eigenvalue weighted by Crippen LogP contribution is 2.17. The van der Waals surface area contributed by atoms with E-state index in [4.69, 9.17) is 0 Å². The quantitative estimate of drug-likeness (QED) is 0.742. The number of aromatic amines is 1. The van der Waals surface area contributed by atoms with Gasteiger partial charge in [-0.15, -0.1) is 0 Å². The third-order valence-corrected chi connectivity index (χ3v) is 3.65. The molecule has 102 valence electrons. The molecule has 0 radical (unpaired) electrons. The Balaban J connectivity index is 1.68. The van der Waals surface area contributed by atoms with Crippen molar-refractivity contribution in [2.45, 2.75) is 26.4 Å². The predicted octanol–water partition coefficient (Wildman–Crippen LogP) is 3.42. The maximum Gasteiger partial charge on any atom is 0.0573 e. The van der Waals surface area contributed by atoms with Crippen molar-refractivity contribution in [3.63, 3.8) is 0 Å². The minimum absolute atomic E-state index is 0.809. The molecule has 0 spiro atoms. The van der Waals surface area contributed by atoms with E-state index in [2.05, 4.69) is 58.7 Å². The lowest BCUT2D eigenvalue weighted by Gasteiger charge is -2.07. The van der Waals surface area contributed by atoms with Gasteiger partial charge in [-0.3, -0.25) is 4.98 Å². The second kappa shape index (κ2) is 5.88. The Labute approximate surface area is 119 Å². The first kappa shape index (κ1) is 12.9. The van der Waals surface area contributed by atoms with E-state index in [1.807, 2.05) is 12.3 Å². The number of rotatable bonds is 5. The summed E-state index contributed by atoms with van der Waals surface area (Å²) in [7, 11) is 0. The van der Waals surface area contributed by atoms with E-state index in [-0.39, 0.29) is 0 Å². The van der Waals surface area contributed by atoms with Crippen LogP contribution in [0.2, 0.25) is 0 Å². The lowest BCUT2D eigenvalue weighted by atomic mass is 10.1. The Morgan fingerprint density at radius 2 is 1.95 bits per heavy atom. The van der Waals surface area contributed by atoms with Crippen LogP contribution in [0.15, 0.2) is 48.8 Å². The van der Waals surface area contributed by atoms with E-state index < -0.39 is 0 Å². The van der Waals surface area contributed by atoms with Crippen LogP contribution in [0.1, 0.15) is 23.7 Å². The molecule has 2 N–H and O–H groups in total. The molecular formula is C17H19N3. The number of nitrogens with zero attached hydrogens (tertiary/aromatic N) is 1. The van der Waals surface area contributed by atoms with Gasteiger partial charge < -0.3 is 10.3 Å². The molecule has 0 atom stereocenters. The Hall–Kier alpha value is -2.13. The van der Waals surface area contributed by atoms with Crippen molar-refractivity contribution in [1.29, 1.82) is 0 Å². The van der Waals surface area contributed by atoms with Gasteiger partial charge in [0.05, 0.1) is 5.69 Å². The highest BCUT2D eigenvalue weighted by Gasteiger charge is 2.04. The molecule has 0 bridgehead atoms. The number of H-pyrrole nitrogens is 1. The van der Waals surface area contributed by atoms with Crippen LogP contribution in [0.5, 0.6) is 0 Å². The summed E-state index contributed by atoms with van der Waals surface area (Å²) >= 11 is 0. The molecule has 0 fully saturated rings. The maximum atomic E-state index is 4.46. The summed E-state index contributed by atoms with van der Waals surface area (Å²) < 4.78 is 0. The molecule has 0 saturated heterocycles. The van der Waals surface area contributed by atoms with Crippen LogP contribution in [-0.4, -0.2) is 9.97 Å². The van der Waals surface area contributed by atoms with Crippen molar-refractivity contribution in [2.75, 3.05) is 0 Å². The third kappa shape index (κ3) is 2.58. The summed E-state index contributed by atoms with van der Waals surface area (Å²) in [6.45, 7) is 3.83. The fourth-order valence-electron chi connectivity index (χ4n) is 2.55. The normalized spacial score (nSPS) is 11.1. The average molecular weight is 265 g/mol. The second-order valence-corrected chi connectivity index (χ2v) is 4.93. The number of fused-ring (bicyclic) bond motifs is 1. The number of benzene rings is 1. The van der Waals surface area contributed by atoms with E-state index in [0.29, 0.717) is 0 Å². The van der Waals surface area contributed by atoms with E-state index in [0.717, 1.165) is 25.2 Å². The first-order chi connectivity index (χ1) is 9.88. The molecule has 20 heavy (non-hydrogen) atoms. The molecule has 1 aromatic carbocycles. The Bertz CT molecular complexity index is 700. The lowest BCUT2D eigenvalue weighted by molar-refractivity contribution is 0.676. The molecule has 0 aliphatic carbocycles. The largest absolute Gasteiger partial charge is 0.361 e. The second-order valence-electron chi connectivity index (χ2n) is 4.93. The maximum absolute atomic E-state index is 4.46. The van der Waals surface area contributed by atoms with E-state index in [9.17, 15) is 0 Å². The van der Waals surface area contributed by atoms with Crippen molar-refractivity contribution in [3.05, 3.63) is 65.6 Å². The van der Waals surface area contributed by atoms with Gasteiger partial charge in [0.25, 0.3) is 0 Å². The number of hydrogen-bond acceptors (Lipinski definition) is 2. The molecule has 3 aromatic rings. The highest BCUT2D eigenvalue weighted by molar-refractivity contribution is 5.82. The van der Waals surface area contributed by atoms with Crippen molar-refractivity contribution in [3.8, 4) is 0 Å². The number of para-hydroxylation sites is 1. The van der Waals surface area contributed by atoms with Gasteiger partial charge in [0.1, 0.15) is 0 Å². The first-order valence-corrected chi connectivity index (χ1v) is 7.07. The molecule has 0 aliphatic heterocycles. The Kier molecular flexibility index (Phi) is 3.79. The monoisotopic (exact) mass is 265 g/mol. The van der Waals surface area contributed by atoms with Gasteiger partial charge in [0.15, 0.2) is 0 Å². The zero-order valence-electron chi connectivity index (χ0n) is 11.7. The van der Waals surface area contributed by atoms with Gasteiger partial charge in [-0.05, 0) is 29.7 Å². The molecule has 3 nitrogen and oxygen atoms in total. The average Bonchev–Trinajstić information content (AvgIpc) is 2.91. The number of aryl methyl sites for hydroxylation is 1. The topological polar surface area (TPSA) is 40.7 Å². The molecule has 0 amide bonds. The number of hydrogen-bond donors (Lipinski definition) is 2. The van der Waals surface area contributed by atoms with Crippen LogP contribution >= 0.6 is 0 Å². The van der Waals surface area contributed by atoms with E-state index in [1.165, 1.54) is 22.0 Å².